The largest absolute Gasteiger partial charge is 0.478 e. The Hall–Kier alpha value is -1.40. The van der Waals surface area contributed by atoms with Gasteiger partial charge in [0, 0.05) is 6.61 Å². The van der Waals surface area contributed by atoms with Gasteiger partial charge in [-0.2, -0.15) is 0 Å². The summed E-state index contributed by atoms with van der Waals surface area (Å²) in [6.07, 6.45) is 4.83. The first-order valence-electron chi connectivity index (χ1n) is 7.13. The number of sulfone groups is 1. The topological polar surface area (TPSA) is 80.7 Å². The molecule has 1 aromatic carbocycles. The molecule has 2 rings (SSSR count). The van der Waals surface area contributed by atoms with Crippen LogP contribution in [0, 0.1) is 5.92 Å². The van der Waals surface area contributed by atoms with Gasteiger partial charge in [-0.3, -0.25) is 0 Å². The van der Waals surface area contributed by atoms with Crippen molar-refractivity contribution in [1.29, 1.82) is 0 Å². The molecule has 1 aliphatic carbocycles. The highest BCUT2D eigenvalue weighted by Crippen LogP contribution is 2.29. The number of benzene rings is 1. The second-order valence-electron chi connectivity index (χ2n) is 5.35. The highest BCUT2D eigenvalue weighted by molar-refractivity contribution is 7.91. The summed E-state index contributed by atoms with van der Waals surface area (Å²) in [7, 11) is -3.41. The van der Waals surface area contributed by atoms with E-state index in [2.05, 4.69) is 0 Å². The predicted molar refractivity (Wildman–Crippen MR) is 78.2 cm³/mol. The van der Waals surface area contributed by atoms with E-state index in [9.17, 15) is 13.2 Å². The number of ether oxygens (including phenoxy) is 1. The molecule has 1 aromatic rings. The third kappa shape index (κ3) is 4.54. The molecule has 0 unspecified atom stereocenters. The fourth-order valence-electron chi connectivity index (χ4n) is 2.22. The van der Waals surface area contributed by atoms with E-state index in [1.807, 2.05) is 0 Å². The van der Waals surface area contributed by atoms with E-state index in [0.717, 1.165) is 12.3 Å². The molecule has 6 heteroatoms. The van der Waals surface area contributed by atoms with Gasteiger partial charge in [0.15, 0.2) is 9.84 Å². The van der Waals surface area contributed by atoms with Gasteiger partial charge in [0.2, 0.25) is 0 Å². The van der Waals surface area contributed by atoms with Gasteiger partial charge in [-0.1, -0.05) is 19.3 Å². The van der Waals surface area contributed by atoms with Crippen LogP contribution in [0.2, 0.25) is 0 Å². The Bertz CT molecular complexity index is 573. The Labute approximate surface area is 124 Å². The maximum atomic E-state index is 12.1. The molecule has 0 amide bonds. The lowest BCUT2D eigenvalue weighted by atomic mass is 9.83. The van der Waals surface area contributed by atoms with Crippen LogP contribution in [0.1, 0.15) is 36.0 Å². The van der Waals surface area contributed by atoms with E-state index in [1.165, 1.54) is 43.5 Å². The third-order valence-electron chi connectivity index (χ3n) is 3.85. The van der Waals surface area contributed by atoms with E-state index in [0.29, 0.717) is 6.61 Å². The zero-order valence-corrected chi connectivity index (χ0v) is 12.6. The van der Waals surface area contributed by atoms with Gasteiger partial charge < -0.3 is 9.84 Å². The van der Waals surface area contributed by atoms with Crippen molar-refractivity contribution < 1.29 is 23.1 Å². The summed E-state index contributed by atoms with van der Waals surface area (Å²) in [5, 5.41) is 8.78. The minimum atomic E-state index is -3.41. The molecular weight excluding hydrogens is 292 g/mol. The lowest BCUT2D eigenvalue weighted by Crippen LogP contribution is -2.16. The Morgan fingerprint density at radius 2 is 1.86 bits per heavy atom. The summed E-state index contributed by atoms with van der Waals surface area (Å²) in [6.45, 7) is 0.786. The van der Waals surface area contributed by atoms with Crippen LogP contribution in [-0.2, 0) is 14.6 Å². The number of hydrogen-bond donors (Lipinski definition) is 1. The zero-order chi connectivity index (χ0) is 15.3. The number of carboxylic acid groups (broad SMARTS) is 1. The number of aromatic carboxylic acids is 1. The third-order valence-corrected chi connectivity index (χ3v) is 5.55. The van der Waals surface area contributed by atoms with Gasteiger partial charge in [0.25, 0.3) is 0 Å². The average molecular weight is 312 g/mol. The van der Waals surface area contributed by atoms with Gasteiger partial charge >= 0.3 is 5.97 Å². The molecule has 0 bridgehead atoms. The van der Waals surface area contributed by atoms with Crippen molar-refractivity contribution >= 4 is 15.8 Å². The first-order valence-corrected chi connectivity index (χ1v) is 8.78. The van der Waals surface area contributed by atoms with Gasteiger partial charge in [-0.15, -0.1) is 0 Å². The van der Waals surface area contributed by atoms with Gasteiger partial charge in [0.05, 0.1) is 22.8 Å². The molecule has 1 saturated carbocycles. The molecule has 0 atom stereocenters. The predicted octanol–water partition coefficient (Wildman–Crippen LogP) is 2.37. The monoisotopic (exact) mass is 312 g/mol. The maximum Gasteiger partial charge on any atom is 0.335 e. The molecule has 1 aliphatic rings. The van der Waals surface area contributed by atoms with E-state index in [1.54, 1.807) is 0 Å². The van der Waals surface area contributed by atoms with Crippen LogP contribution in [0.4, 0.5) is 0 Å². The van der Waals surface area contributed by atoms with Crippen molar-refractivity contribution in [1.82, 2.24) is 0 Å². The average Bonchev–Trinajstić information content (AvgIpc) is 2.40. The smallest absolute Gasteiger partial charge is 0.335 e. The Balaban J connectivity index is 1.78. The van der Waals surface area contributed by atoms with E-state index < -0.39 is 15.8 Å². The summed E-state index contributed by atoms with van der Waals surface area (Å²) >= 11 is 0. The first-order chi connectivity index (χ1) is 9.99. The summed E-state index contributed by atoms with van der Waals surface area (Å²) in [6, 6.07) is 5.25. The van der Waals surface area contributed by atoms with E-state index in [4.69, 9.17) is 9.84 Å². The van der Waals surface area contributed by atoms with Crippen molar-refractivity contribution in [3.05, 3.63) is 29.8 Å². The van der Waals surface area contributed by atoms with Crippen LogP contribution in [-0.4, -0.2) is 38.5 Å². The molecule has 0 spiro atoms. The van der Waals surface area contributed by atoms with Crippen LogP contribution in [0.25, 0.3) is 0 Å². The van der Waals surface area contributed by atoms with E-state index in [-0.39, 0.29) is 22.8 Å². The lowest BCUT2D eigenvalue weighted by Gasteiger charge is -2.24. The number of carbonyl (C=O) groups is 1. The van der Waals surface area contributed by atoms with Crippen molar-refractivity contribution in [3.63, 3.8) is 0 Å². The maximum absolute atomic E-state index is 12.1. The fourth-order valence-corrected chi connectivity index (χ4v) is 3.35. The standard InChI is InChI=1S/C15H20O5S/c16-15(17)13-4-6-14(7-5-13)21(18,19)11-10-20-9-8-12-2-1-3-12/h4-7,12H,1-3,8-11H2,(H,16,17). The van der Waals surface area contributed by atoms with Gasteiger partial charge in [-0.05, 0) is 36.6 Å². The van der Waals surface area contributed by atoms with Crippen molar-refractivity contribution in [3.8, 4) is 0 Å². The molecule has 0 radical (unpaired) electrons. The lowest BCUT2D eigenvalue weighted by molar-refractivity contribution is 0.0696. The van der Waals surface area contributed by atoms with Crippen LogP contribution in [0.5, 0.6) is 0 Å². The van der Waals surface area contributed by atoms with Crippen molar-refractivity contribution in [2.45, 2.75) is 30.6 Å². The van der Waals surface area contributed by atoms with E-state index >= 15 is 0 Å². The summed E-state index contributed by atoms with van der Waals surface area (Å²) in [5.74, 6) is -0.396. The Morgan fingerprint density at radius 1 is 1.19 bits per heavy atom. The van der Waals surface area contributed by atoms with Crippen LogP contribution >= 0.6 is 0 Å². The Morgan fingerprint density at radius 3 is 2.38 bits per heavy atom. The summed E-state index contributed by atoms with van der Waals surface area (Å²) in [4.78, 5) is 10.9. The highest BCUT2D eigenvalue weighted by atomic mass is 32.2. The fraction of sp³-hybridized carbons (Fsp3) is 0.533. The number of carboxylic acids is 1. The van der Waals surface area contributed by atoms with Gasteiger partial charge in [0.1, 0.15) is 0 Å². The highest BCUT2D eigenvalue weighted by Gasteiger charge is 2.18. The van der Waals surface area contributed by atoms with Crippen LogP contribution in [0.3, 0.4) is 0 Å². The summed E-state index contributed by atoms with van der Waals surface area (Å²) in [5.41, 5.74) is 0.0747. The SMILES string of the molecule is O=C(O)c1ccc(S(=O)(=O)CCOCCC2CCC2)cc1. The first kappa shape index (κ1) is 16.0. The second-order valence-corrected chi connectivity index (χ2v) is 7.46. The van der Waals surface area contributed by atoms with Crippen LogP contribution in [0.15, 0.2) is 29.2 Å². The molecule has 0 aliphatic heterocycles. The quantitative estimate of drug-likeness (QED) is 0.745. The Kier molecular flexibility index (Phi) is 5.36. The minimum Gasteiger partial charge on any atom is -0.478 e. The minimum absolute atomic E-state index is 0.0747. The molecule has 5 nitrogen and oxygen atoms in total. The molecular formula is C15H20O5S. The van der Waals surface area contributed by atoms with Crippen molar-refractivity contribution in [2.24, 2.45) is 5.92 Å². The zero-order valence-electron chi connectivity index (χ0n) is 11.8. The normalized spacial score (nSPS) is 15.6. The molecule has 21 heavy (non-hydrogen) atoms. The second kappa shape index (κ2) is 7.04. The molecule has 0 heterocycles. The van der Waals surface area contributed by atoms with Crippen LogP contribution < -0.4 is 0 Å². The molecule has 116 valence electrons. The summed E-state index contributed by atoms with van der Waals surface area (Å²) < 4.78 is 29.5. The molecule has 0 aromatic heterocycles. The van der Waals surface area contributed by atoms with Gasteiger partial charge in [-0.25, -0.2) is 13.2 Å². The number of rotatable bonds is 8. The number of hydrogen-bond acceptors (Lipinski definition) is 4. The molecule has 0 saturated heterocycles. The van der Waals surface area contributed by atoms with Crippen molar-refractivity contribution in [2.75, 3.05) is 19.0 Å². The molecule has 1 N–H and O–H groups in total. The molecule has 1 fully saturated rings.